The number of hydrogen-bond donors (Lipinski definition) is 0. The molecule has 1 aliphatic rings. The van der Waals surface area contributed by atoms with Gasteiger partial charge in [0.2, 0.25) is 0 Å². The maximum absolute atomic E-state index is 13.4. The molecule has 170 valence electrons. The lowest BCUT2D eigenvalue weighted by Gasteiger charge is -2.28. The fraction of sp³-hybridized carbons (Fsp3) is 0.464. The molecule has 0 saturated heterocycles. The summed E-state index contributed by atoms with van der Waals surface area (Å²) < 4.78 is 5.22. The second-order valence-electron chi connectivity index (χ2n) is 10.7. The molecule has 0 aromatic heterocycles. The molecule has 0 radical (unpaired) electrons. The van der Waals surface area contributed by atoms with Crippen molar-refractivity contribution in [2.24, 2.45) is 0 Å². The standard InChI is InChI=1S/C28H34O4/c1-17(2)32-24(29)9-8-14-28(6,7)19-11-13-21-23(16-19)26(31)22-15-18(27(3,4)5)10-12-20(22)25(21)30/h10-13,15-17H,8-9,14H2,1-7H3. The fourth-order valence-corrected chi connectivity index (χ4v) is 4.18. The molecule has 0 amide bonds. The van der Waals surface area contributed by atoms with Gasteiger partial charge in [-0.05, 0) is 72.9 Å². The highest BCUT2D eigenvalue weighted by atomic mass is 16.5. The molecule has 2 aromatic carbocycles. The Balaban J connectivity index is 1.87. The number of hydrogen-bond acceptors (Lipinski definition) is 4. The SMILES string of the molecule is CC(C)OC(=O)CCCC(C)(C)c1ccc2c(c1)C(=O)c1cc(C(C)(C)C)ccc1C2=O. The van der Waals surface area contributed by atoms with E-state index in [1.165, 1.54) is 0 Å². The molecule has 32 heavy (non-hydrogen) atoms. The Morgan fingerprint density at radius 2 is 1.31 bits per heavy atom. The third-order valence-corrected chi connectivity index (χ3v) is 6.21. The van der Waals surface area contributed by atoms with Crippen LogP contribution in [0.2, 0.25) is 0 Å². The molecular weight excluding hydrogens is 400 g/mol. The predicted octanol–water partition coefficient (Wildman–Crippen LogP) is 6.16. The van der Waals surface area contributed by atoms with Crippen LogP contribution in [0.1, 0.15) is 111 Å². The lowest BCUT2D eigenvalue weighted by atomic mass is 9.75. The molecule has 4 heteroatoms. The summed E-state index contributed by atoms with van der Waals surface area (Å²) in [6.07, 6.45) is 1.72. The van der Waals surface area contributed by atoms with Gasteiger partial charge in [0, 0.05) is 28.7 Å². The number of ether oxygens (including phenoxy) is 1. The van der Waals surface area contributed by atoms with Gasteiger partial charge < -0.3 is 4.74 Å². The summed E-state index contributed by atoms with van der Waals surface area (Å²) in [6.45, 7) is 14.2. The molecule has 0 saturated carbocycles. The summed E-state index contributed by atoms with van der Waals surface area (Å²) in [6, 6.07) is 11.2. The Labute approximate surface area is 191 Å². The van der Waals surface area contributed by atoms with Crippen LogP contribution in [0.3, 0.4) is 0 Å². The molecule has 0 atom stereocenters. The number of carbonyl (C=O) groups excluding carboxylic acids is 3. The molecule has 0 bridgehead atoms. The van der Waals surface area contributed by atoms with Gasteiger partial charge in [-0.1, -0.05) is 46.8 Å². The molecule has 0 aliphatic heterocycles. The zero-order valence-electron chi connectivity index (χ0n) is 20.3. The summed E-state index contributed by atoms with van der Waals surface area (Å²) in [5.41, 5.74) is 3.57. The minimum atomic E-state index is -0.246. The van der Waals surface area contributed by atoms with Crippen LogP contribution in [-0.2, 0) is 20.4 Å². The molecular formula is C28H34O4. The quantitative estimate of drug-likeness (QED) is 0.436. The molecule has 3 rings (SSSR count). The Morgan fingerprint density at radius 3 is 1.84 bits per heavy atom. The van der Waals surface area contributed by atoms with E-state index < -0.39 is 0 Å². The van der Waals surface area contributed by atoms with Gasteiger partial charge in [0.25, 0.3) is 0 Å². The van der Waals surface area contributed by atoms with Crippen molar-refractivity contribution >= 4 is 17.5 Å². The second kappa shape index (κ2) is 8.65. The minimum Gasteiger partial charge on any atom is -0.463 e. The van der Waals surface area contributed by atoms with E-state index in [9.17, 15) is 14.4 Å². The van der Waals surface area contributed by atoms with Gasteiger partial charge in [0.05, 0.1) is 6.10 Å². The van der Waals surface area contributed by atoms with Crippen LogP contribution in [0.25, 0.3) is 0 Å². The van der Waals surface area contributed by atoms with Crippen molar-refractivity contribution in [1.29, 1.82) is 0 Å². The molecule has 0 spiro atoms. The molecule has 0 fully saturated rings. The summed E-state index contributed by atoms with van der Waals surface area (Å²) in [5, 5.41) is 0. The zero-order valence-corrected chi connectivity index (χ0v) is 20.3. The fourth-order valence-electron chi connectivity index (χ4n) is 4.18. The highest BCUT2D eigenvalue weighted by Crippen LogP contribution is 2.35. The molecule has 0 N–H and O–H groups in total. The highest BCUT2D eigenvalue weighted by Gasteiger charge is 2.32. The second-order valence-corrected chi connectivity index (χ2v) is 10.7. The van der Waals surface area contributed by atoms with Gasteiger partial charge in [-0.15, -0.1) is 0 Å². The summed E-state index contributed by atoms with van der Waals surface area (Å²) >= 11 is 0. The lowest BCUT2D eigenvalue weighted by Crippen LogP contribution is -2.25. The largest absolute Gasteiger partial charge is 0.463 e. The molecule has 0 unspecified atom stereocenters. The number of ketones is 2. The van der Waals surface area contributed by atoms with Crippen LogP contribution in [0.5, 0.6) is 0 Å². The van der Waals surface area contributed by atoms with E-state index in [0.29, 0.717) is 35.1 Å². The molecule has 4 nitrogen and oxygen atoms in total. The number of fused-ring (bicyclic) bond motifs is 2. The number of esters is 1. The Hall–Kier alpha value is -2.75. The number of rotatable bonds is 6. The van der Waals surface area contributed by atoms with Crippen LogP contribution in [0.15, 0.2) is 36.4 Å². The van der Waals surface area contributed by atoms with Gasteiger partial charge in [0.15, 0.2) is 11.6 Å². The van der Waals surface area contributed by atoms with E-state index in [4.69, 9.17) is 4.74 Å². The first-order chi connectivity index (χ1) is 14.8. The van der Waals surface area contributed by atoms with Crippen LogP contribution in [0, 0.1) is 0 Å². The van der Waals surface area contributed by atoms with Crippen molar-refractivity contribution in [2.45, 2.75) is 84.7 Å². The smallest absolute Gasteiger partial charge is 0.306 e. The van der Waals surface area contributed by atoms with Gasteiger partial charge in [-0.2, -0.15) is 0 Å². The van der Waals surface area contributed by atoms with Crippen molar-refractivity contribution in [2.75, 3.05) is 0 Å². The van der Waals surface area contributed by atoms with Gasteiger partial charge in [-0.25, -0.2) is 0 Å². The third kappa shape index (κ3) is 4.85. The Morgan fingerprint density at radius 1 is 0.812 bits per heavy atom. The Kier molecular flexibility index (Phi) is 6.46. The summed E-state index contributed by atoms with van der Waals surface area (Å²) in [5.74, 6) is -0.386. The average Bonchev–Trinajstić information content (AvgIpc) is 2.69. The van der Waals surface area contributed by atoms with E-state index in [-0.39, 0.29) is 34.5 Å². The first kappa shape index (κ1) is 23.9. The third-order valence-electron chi connectivity index (χ3n) is 6.21. The maximum atomic E-state index is 13.4. The van der Waals surface area contributed by atoms with Gasteiger partial charge in [0.1, 0.15) is 0 Å². The van der Waals surface area contributed by atoms with Crippen molar-refractivity contribution < 1.29 is 19.1 Å². The van der Waals surface area contributed by atoms with Gasteiger partial charge >= 0.3 is 5.97 Å². The monoisotopic (exact) mass is 434 g/mol. The van der Waals surface area contributed by atoms with Gasteiger partial charge in [-0.3, -0.25) is 14.4 Å². The zero-order chi connectivity index (χ0) is 23.8. The van der Waals surface area contributed by atoms with Crippen LogP contribution < -0.4 is 0 Å². The Bertz CT molecular complexity index is 1070. The predicted molar refractivity (Wildman–Crippen MR) is 127 cm³/mol. The normalized spacial score (nSPS) is 13.8. The summed E-state index contributed by atoms with van der Waals surface area (Å²) in [4.78, 5) is 38.4. The average molecular weight is 435 g/mol. The van der Waals surface area contributed by atoms with Crippen LogP contribution in [0.4, 0.5) is 0 Å². The number of carbonyl (C=O) groups is 3. The first-order valence-electron chi connectivity index (χ1n) is 11.4. The topological polar surface area (TPSA) is 60.4 Å². The lowest BCUT2D eigenvalue weighted by molar-refractivity contribution is -0.147. The molecule has 2 aromatic rings. The maximum Gasteiger partial charge on any atom is 0.306 e. The van der Waals surface area contributed by atoms with E-state index in [0.717, 1.165) is 17.5 Å². The number of benzene rings is 2. The molecule has 1 aliphatic carbocycles. The minimum absolute atomic E-state index is 0.0983. The summed E-state index contributed by atoms with van der Waals surface area (Å²) in [7, 11) is 0. The van der Waals surface area contributed by atoms with Crippen molar-refractivity contribution in [3.8, 4) is 0 Å². The van der Waals surface area contributed by atoms with E-state index >= 15 is 0 Å². The van der Waals surface area contributed by atoms with Crippen LogP contribution in [-0.4, -0.2) is 23.6 Å². The van der Waals surface area contributed by atoms with E-state index in [1.54, 1.807) is 12.1 Å². The van der Waals surface area contributed by atoms with Crippen LogP contribution >= 0.6 is 0 Å². The highest BCUT2D eigenvalue weighted by molar-refractivity contribution is 6.28. The van der Waals surface area contributed by atoms with E-state index in [2.05, 4.69) is 34.6 Å². The van der Waals surface area contributed by atoms with Crippen molar-refractivity contribution in [3.05, 3.63) is 69.8 Å². The van der Waals surface area contributed by atoms with Crippen molar-refractivity contribution in [1.82, 2.24) is 0 Å². The van der Waals surface area contributed by atoms with Crippen molar-refractivity contribution in [3.63, 3.8) is 0 Å². The molecule has 0 heterocycles. The first-order valence-corrected chi connectivity index (χ1v) is 11.4. The van der Waals surface area contributed by atoms with E-state index in [1.807, 2.05) is 38.1 Å².